The molecule has 1 aliphatic heterocycles. The predicted octanol–water partition coefficient (Wildman–Crippen LogP) is 0.763. The number of rotatable bonds is 0. The summed E-state index contributed by atoms with van der Waals surface area (Å²) in [4.78, 5) is 4.23. The Bertz CT molecular complexity index is 460. The fourth-order valence-electron chi connectivity index (χ4n) is 1.34. The highest BCUT2D eigenvalue weighted by atomic mass is 15.1. The Labute approximate surface area is 76.5 Å². The summed E-state index contributed by atoms with van der Waals surface area (Å²) in [6.45, 7) is 3.98. The highest BCUT2D eigenvalue weighted by Crippen LogP contribution is 1.94. The van der Waals surface area contributed by atoms with Gasteiger partial charge in [0.1, 0.15) is 0 Å². The van der Waals surface area contributed by atoms with Crippen LogP contribution in [0.3, 0.4) is 0 Å². The SMILES string of the molecule is Cc1cc2c(cn1)=CC(C)N=NC=2. The van der Waals surface area contributed by atoms with Gasteiger partial charge in [-0.25, -0.2) is 0 Å². The predicted molar refractivity (Wildman–Crippen MR) is 51.5 cm³/mol. The van der Waals surface area contributed by atoms with Crippen molar-refractivity contribution in [2.75, 3.05) is 0 Å². The molecule has 2 heterocycles. The second-order valence-corrected chi connectivity index (χ2v) is 3.22. The summed E-state index contributed by atoms with van der Waals surface area (Å²) in [5.74, 6) is 0. The van der Waals surface area contributed by atoms with Crippen molar-refractivity contribution >= 4 is 12.3 Å². The Balaban J connectivity index is 2.75. The van der Waals surface area contributed by atoms with Crippen molar-refractivity contribution < 1.29 is 0 Å². The van der Waals surface area contributed by atoms with Crippen LogP contribution in [0.2, 0.25) is 0 Å². The number of hydrogen-bond acceptors (Lipinski definition) is 3. The van der Waals surface area contributed by atoms with Gasteiger partial charge in [-0.15, -0.1) is 0 Å². The Morgan fingerprint density at radius 3 is 3.00 bits per heavy atom. The van der Waals surface area contributed by atoms with Crippen molar-refractivity contribution in [3.63, 3.8) is 0 Å². The molecule has 0 spiro atoms. The van der Waals surface area contributed by atoms with E-state index in [2.05, 4.69) is 21.3 Å². The van der Waals surface area contributed by atoms with Crippen LogP contribution in [0.4, 0.5) is 0 Å². The second kappa shape index (κ2) is 3.09. The topological polar surface area (TPSA) is 37.6 Å². The highest BCUT2D eigenvalue weighted by molar-refractivity contribution is 5.35. The van der Waals surface area contributed by atoms with E-state index in [0.29, 0.717) is 0 Å². The molecule has 2 rings (SSSR count). The molecule has 1 unspecified atom stereocenters. The van der Waals surface area contributed by atoms with Crippen LogP contribution in [0, 0.1) is 6.92 Å². The fraction of sp³-hybridized carbons (Fsp3) is 0.300. The summed E-state index contributed by atoms with van der Waals surface area (Å²) < 4.78 is 0. The van der Waals surface area contributed by atoms with Gasteiger partial charge < -0.3 is 0 Å². The van der Waals surface area contributed by atoms with Crippen molar-refractivity contribution in [2.45, 2.75) is 19.9 Å². The van der Waals surface area contributed by atoms with Crippen molar-refractivity contribution in [3.8, 4) is 0 Å². The lowest BCUT2D eigenvalue weighted by atomic mass is 10.2. The van der Waals surface area contributed by atoms with E-state index in [4.69, 9.17) is 0 Å². The van der Waals surface area contributed by atoms with Gasteiger partial charge in [0.05, 0.1) is 12.2 Å². The quantitative estimate of drug-likeness (QED) is 0.570. The van der Waals surface area contributed by atoms with Gasteiger partial charge in [0.15, 0.2) is 0 Å². The first-order valence-corrected chi connectivity index (χ1v) is 4.30. The number of hydrogen-bond donors (Lipinski definition) is 0. The average molecular weight is 173 g/mol. The Morgan fingerprint density at radius 2 is 2.15 bits per heavy atom. The van der Waals surface area contributed by atoms with Crippen LogP contribution >= 0.6 is 0 Å². The van der Waals surface area contributed by atoms with Crippen LogP contribution in [0.25, 0.3) is 12.3 Å². The number of fused-ring (bicyclic) bond motifs is 1. The first-order valence-electron chi connectivity index (χ1n) is 4.30. The minimum atomic E-state index is 0.141. The van der Waals surface area contributed by atoms with Gasteiger partial charge in [-0.2, -0.15) is 10.2 Å². The zero-order valence-corrected chi connectivity index (χ0v) is 7.73. The molecule has 0 saturated carbocycles. The molecule has 0 aromatic carbocycles. The molecule has 1 aromatic heterocycles. The monoisotopic (exact) mass is 173 g/mol. The zero-order valence-electron chi connectivity index (χ0n) is 7.73. The van der Waals surface area contributed by atoms with E-state index in [0.717, 1.165) is 16.1 Å². The largest absolute Gasteiger partial charge is 0.261 e. The second-order valence-electron chi connectivity index (χ2n) is 3.22. The van der Waals surface area contributed by atoms with E-state index in [1.807, 2.05) is 26.1 Å². The number of azo groups is 1. The zero-order chi connectivity index (χ0) is 9.26. The molecule has 0 fully saturated rings. The number of pyridine rings is 1. The molecule has 1 aromatic rings. The molecule has 1 atom stereocenters. The molecule has 13 heavy (non-hydrogen) atoms. The van der Waals surface area contributed by atoms with Gasteiger partial charge >= 0.3 is 0 Å². The number of nitrogens with zero attached hydrogens (tertiary/aromatic N) is 3. The third-order valence-corrected chi connectivity index (χ3v) is 1.97. The Hall–Kier alpha value is -1.51. The van der Waals surface area contributed by atoms with Gasteiger partial charge in [-0.1, -0.05) is 0 Å². The minimum absolute atomic E-state index is 0.141. The lowest BCUT2D eigenvalue weighted by Gasteiger charge is -1.93. The van der Waals surface area contributed by atoms with Crippen molar-refractivity contribution in [1.82, 2.24) is 4.98 Å². The van der Waals surface area contributed by atoms with Gasteiger partial charge in [-0.05, 0) is 31.2 Å². The molecule has 0 aliphatic carbocycles. The van der Waals surface area contributed by atoms with E-state index in [1.54, 1.807) is 6.20 Å². The van der Waals surface area contributed by atoms with Gasteiger partial charge in [-0.3, -0.25) is 4.98 Å². The standard InChI is InChI=1S/C10H11N3/c1-7-3-10-6-12-13-8(2)4-9(10)5-11-7/h3-6,8H,1-2H3. The molecule has 0 N–H and O–H groups in total. The molecule has 66 valence electrons. The highest BCUT2D eigenvalue weighted by Gasteiger charge is 1.97. The summed E-state index contributed by atoms with van der Waals surface area (Å²) in [6, 6.07) is 2.16. The Kier molecular flexibility index (Phi) is 1.93. The van der Waals surface area contributed by atoms with Crippen molar-refractivity contribution in [1.29, 1.82) is 0 Å². The van der Waals surface area contributed by atoms with Crippen LogP contribution in [-0.4, -0.2) is 11.0 Å². The van der Waals surface area contributed by atoms with Crippen LogP contribution in [0.1, 0.15) is 12.6 Å². The number of aryl methyl sites for hydroxylation is 1. The molecule has 0 bridgehead atoms. The summed E-state index contributed by atoms with van der Waals surface area (Å²) >= 11 is 0. The molecule has 0 saturated heterocycles. The van der Waals surface area contributed by atoms with E-state index in [1.165, 1.54) is 0 Å². The van der Waals surface area contributed by atoms with Gasteiger partial charge in [0.25, 0.3) is 0 Å². The average Bonchev–Trinajstić information content (AvgIpc) is 2.25. The summed E-state index contributed by atoms with van der Waals surface area (Å²) in [5.41, 5.74) is 1.01. The third kappa shape index (κ3) is 1.64. The molecule has 0 radical (unpaired) electrons. The molecular weight excluding hydrogens is 162 g/mol. The Morgan fingerprint density at radius 1 is 1.31 bits per heavy atom. The van der Waals surface area contributed by atoms with E-state index in [-0.39, 0.29) is 6.04 Å². The fourth-order valence-corrected chi connectivity index (χ4v) is 1.34. The van der Waals surface area contributed by atoms with Gasteiger partial charge in [0.2, 0.25) is 0 Å². The summed E-state index contributed by atoms with van der Waals surface area (Å²) in [6.07, 6.45) is 5.72. The molecular formula is C10H11N3. The molecule has 1 aliphatic rings. The smallest absolute Gasteiger partial charge is 0.0874 e. The first-order chi connectivity index (χ1) is 6.25. The maximum Gasteiger partial charge on any atom is 0.0874 e. The lowest BCUT2D eigenvalue weighted by molar-refractivity contribution is 0.900. The van der Waals surface area contributed by atoms with Crippen LogP contribution < -0.4 is 10.4 Å². The van der Waals surface area contributed by atoms with Crippen LogP contribution in [0.15, 0.2) is 22.5 Å². The van der Waals surface area contributed by atoms with E-state index >= 15 is 0 Å². The lowest BCUT2D eigenvalue weighted by Crippen LogP contribution is -2.26. The first kappa shape index (κ1) is 8.10. The van der Waals surface area contributed by atoms with Crippen LogP contribution in [-0.2, 0) is 0 Å². The maximum absolute atomic E-state index is 4.23. The van der Waals surface area contributed by atoms with Crippen LogP contribution in [0.5, 0.6) is 0 Å². The van der Waals surface area contributed by atoms with Gasteiger partial charge in [0, 0.05) is 17.1 Å². The molecule has 3 nitrogen and oxygen atoms in total. The number of aromatic nitrogens is 1. The van der Waals surface area contributed by atoms with Crippen molar-refractivity contribution in [3.05, 3.63) is 28.4 Å². The summed E-state index contributed by atoms with van der Waals surface area (Å²) in [5, 5.41) is 10.2. The maximum atomic E-state index is 4.23. The molecule has 0 amide bonds. The van der Waals surface area contributed by atoms with Crippen molar-refractivity contribution in [2.24, 2.45) is 10.2 Å². The van der Waals surface area contributed by atoms with E-state index < -0.39 is 0 Å². The van der Waals surface area contributed by atoms with E-state index in [9.17, 15) is 0 Å². The molecule has 3 heteroatoms. The third-order valence-electron chi connectivity index (χ3n) is 1.97. The normalized spacial score (nSPS) is 19.7. The minimum Gasteiger partial charge on any atom is -0.261 e. The summed E-state index contributed by atoms with van der Waals surface area (Å²) in [7, 11) is 0.